The van der Waals surface area contributed by atoms with Crippen LogP contribution in [0.25, 0.3) is 16.7 Å². The molecule has 0 aromatic carbocycles. The molecule has 1 saturated heterocycles. The number of fused-ring (bicyclic) bond motifs is 1. The maximum Gasteiger partial charge on any atom is 0.244 e. The molecule has 1 N–H and O–H groups in total. The number of hydrogen-bond donors (Lipinski definition) is 1. The third-order valence-corrected chi connectivity index (χ3v) is 5.55. The molecule has 0 spiro atoms. The predicted octanol–water partition coefficient (Wildman–Crippen LogP) is 3.88. The van der Waals surface area contributed by atoms with E-state index in [2.05, 4.69) is 14.7 Å². The van der Waals surface area contributed by atoms with E-state index in [-0.39, 0.29) is 6.10 Å². The highest BCUT2D eigenvalue weighted by molar-refractivity contribution is 7.10. The van der Waals surface area contributed by atoms with Crippen LogP contribution in [0, 0.1) is 6.92 Å². The van der Waals surface area contributed by atoms with Gasteiger partial charge < -0.3 is 19.4 Å². The number of nitrogens with zero attached hydrogens (tertiary/aromatic N) is 5. The van der Waals surface area contributed by atoms with Crippen LogP contribution >= 0.6 is 11.5 Å². The first kappa shape index (κ1) is 18.0. The van der Waals surface area contributed by atoms with Crippen LogP contribution in [0.1, 0.15) is 18.5 Å². The van der Waals surface area contributed by atoms with Crippen molar-refractivity contribution in [1.29, 1.82) is 0 Å². The van der Waals surface area contributed by atoms with E-state index in [0.717, 1.165) is 40.3 Å². The molecule has 5 heterocycles. The standard InChI is InChI=1S/C20H20N6O2S/c1-13-12-17(29-25-13)23-20-22-16-4-9-26(14-2-7-21-8-3-14)18(16)19(24-20)28-15-5-10-27-11-6-15/h2-4,7-9,12,15H,5-6,10-11H2,1H3,(H,22,23,24). The van der Waals surface area contributed by atoms with Gasteiger partial charge in [0, 0.05) is 37.1 Å². The van der Waals surface area contributed by atoms with Crippen molar-refractivity contribution in [2.45, 2.75) is 25.9 Å². The van der Waals surface area contributed by atoms with Crippen LogP contribution in [0.5, 0.6) is 5.88 Å². The molecule has 0 unspecified atom stereocenters. The lowest BCUT2D eigenvalue weighted by Crippen LogP contribution is -2.26. The lowest BCUT2D eigenvalue weighted by Gasteiger charge is -2.23. The Balaban J connectivity index is 1.58. The lowest BCUT2D eigenvalue weighted by atomic mass is 10.1. The number of rotatable bonds is 5. The monoisotopic (exact) mass is 408 g/mol. The van der Waals surface area contributed by atoms with Crippen LogP contribution in [-0.2, 0) is 4.74 Å². The molecule has 0 amide bonds. The zero-order chi connectivity index (χ0) is 19.6. The van der Waals surface area contributed by atoms with Crippen LogP contribution < -0.4 is 10.1 Å². The molecule has 1 fully saturated rings. The summed E-state index contributed by atoms with van der Waals surface area (Å²) in [4.78, 5) is 13.5. The molecule has 4 aromatic heterocycles. The topological polar surface area (TPSA) is 87.0 Å². The van der Waals surface area contributed by atoms with Crippen molar-refractivity contribution in [3.63, 3.8) is 0 Å². The Kier molecular flexibility index (Phi) is 4.82. The highest BCUT2D eigenvalue weighted by Crippen LogP contribution is 2.31. The highest BCUT2D eigenvalue weighted by Gasteiger charge is 2.21. The summed E-state index contributed by atoms with van der Waals surface area (Å²) in [5.74, 6) is 1.06. The number of pyridine rings is 1. The number of ether oxygens (including phenoxy) is 2. The van der Waals surface area contributed by atoms with E-state index in [9.17, 15) is 0 Å². The van der Waals surface area contributed by atoms with Crippen molar-refractivity contribution in [2.24, 2.45) is 0 Å². The third-order valence-electron chi connectivity index (χ3n) is 4.75. The normalized spacial score (nSPS) is 14.9. The molecule has 1 aliphatic heterocycles. The molecule has 0 saturated carbocycles. The lowest BCUT2D eigenvalue weighted by molar-refractivity contribution is 0.0243. The molecule has 0 aliphatic carbocycles. The maximum absolute atomic E-state index is 6.35. The molecule has 9 heteroatoms. The Morgan fingerprint density at radius 3 is 2.76 bits per heavy atom. The second kappa shape index (κ2) is 7.76. The second-order valence-electron chi connectivity index (χ2n) is 6.86. The highest BCUT2D eigenvalue weighted by atomic mass is 32.1. The van der Waals surface area contributed by atoms with Gasteiger partial charge in [0.15, 0.2) is 0 Å². The molecule has 148 valence electrons. The number of hydrogen-bond acceptors (Lipinski definition) is 8. The molecule has 8 nitrogen and oxygen atoms in total. The van der Waals surface area contributed by atoms with Crippen molar-refractivity contribution in [3.05, 3.63) is 48.5 Å². The van der Waals surface area contributed by atoms with E-state index in [4.69, 9.17) is 19.4 Å². The van der Waals surface area contributed by atoms with E-state index in [1.807, 2.05) is 42.0 Å². The SMILES string of the molecule is Cc1cc(Nc2nc(OC3CCOCC3)c3c(ccn3-c3ccncc3)n2)sn1. The Bertz CT molecular complexity index is 1120. The molecule has 0 atom stereocenters. The molecule has 0 radical (unpaired) electrons. The zero-order valence-electron chi connectivity index (χ0n) is 15.9. The molecular weight excluding hydrogens is 388 g/mol. The fourth-order valence-electron chi connectivity index (χ4n) is 3.36. The van der Waals surface area contributed by atoms with E-state index in [0.29, 0.717) is 25.0 Å². The van der Waals surface area contributed by atoms with Gasteiger partial charge in [-0.1, -0.05) is 0 Å². The zero-order valence-corrected chi connectivity index (χ0v) is 16.7. The Labute approximate surface area is 171 Å². The Hall–Kier alpha value is -3.04. The molecule has 1 aliphatic rings. The molecular formula is C20H20N6O2S. The quantitative estimate of drug-likeness (QED) is 0.536. The van der Waals surface area contributed by atoms with Crippen LogP contribution in [0.4, 0.5) is 10.9 Å². The van der Waals surface area contributed by atoms with Crippen LogP contribution in [0.2, 0.25) is 0 Å². The van der Waals surface area contributed by atoms with E-state index in [1.165, 1.54) is 11.5 Å². The first-order chi connectivity index (χ1) is 14.3. The van der Waals surface area contributed by atoms with Crippen molar-refractivity contribution >= 4 is 33.5 Å². The van der Waals surface area contributed by atoms with Gasteiger partial charge in [0.25, 0.3) is 0 Å². The van der Waals surface area contributed by atoms with Gasteiger partial charge in [-0.15, -0.1) is 0 Å². The van der Waals surface area contributed by atoms with Gasteiger partial charge in [-0.05, 0) is 42.7 Å². The van der Waals surface area contributed by atoms with Gasteiger partial charge in [-0.2, -0.15) is 9.36 Å². The number of aryl methyl sites for hydroxylation is 1. The summed E-state index contributed by atoms with van der Waals surface area (Å²) >= 11 is 1.38. The van der Waals surface area contributed by atoms with E-state index < -0.39 is 0 Å². The summed E-state index contributed by atoms with van der Waals surface area (Å²) in [6, 6.07) is 7.84. The summed E-state index contributed by atoms with van der Waals surface area (Å²) in [5, 5.41) is 4.15. The summed E-state index contributed by atoms with van der Waals surface area (Å²) in [5.41, 5.74) is 3.59. The Morgan fingerprint density at radius 1 is 1.17 bits per heavy atom. The number of aromatic nitrogens is 5. The predicted molar refractivity (Wildman–Crippen MR) is 111 cm³/mol. The fraction of sp³-hybridized carbons (Fsp3) is 0.300. The van der Waals surface area contributed by atoms with Gasteiger partial charge in [0.2, 0.25) is 11.8 Å². The van der Waals surface area contributed by atoms with Gasteiger partial charge in [-0.25, -0.2) is 4.98 Å². The summed E-state index contributed by atoms with van der Waals surface area (Å²) < 4.78 is 18.2. The minimum atomic E-state index is 0.0705. The van der Waals surface area contributed by atoms with Crippen molar-refractivity contribution in [1.82, 2.24) is 23.9 Å². The third kappa shape index (κ3) is 3.79. The average molecular weight is 408 g/mol. The number of anilines is 2. The van der Waals surface area contributed by atoms with Crippen molar-refractivity contribution < 1.29 is 9.47 Å². The molecule has 29 heavy (non-hydrogen) atoms. The van der Waals surface area contributed by atoms with Gasteiger partial charge in [0.05, 0.1) is 24.4 Å². The molecule has 0 bridgehead atoms. The van der Waals surface area contributed by atoms with E-state index in [1.54, 1.807) is 12.4 Å². The fourth-order valence-corrected chi connectivity index (χ4v) is 4.01. The summed E-state index contributed by atoms with van der Waals surface area (Å²) in [6.45, 7) is 3.37. The van der Waals surface area contributed by atoms with Crippen LogP contribution in [0.15, 0.2) is 42.9 Å². The van der Waals surface area contributed by atoms with Gasteiger partial charge in [-0.3, -0.25) is 4.98 Å². The van der Waals surface area contributed by atoms with Crippen molar-refractivity contribution in [3.8, 4) is 11.6 Å². The maximum atomic E-state index is 6.35. The van der Waals surface area contributed by atoms with Gasteiger partial charge >= 0.3 is 0 Å². The summed E-state index contributed by atoms with van der Waals surface area (Å²) in [7, 11) is 0. The van der Waals surface area contributed by atoms with Crippen LogP contribution in [-0.4, -0.2) is 43.2 Å². The molecule has 4 aromatic rings. The van der Waals surface area contributed by atoms with Crippen molar-refractivity contribution in [2.75, 3.05) is 18.5 Å². The average Bonchev–Trinajstić information content (AvgIpc) is 3.36. The first-order valence-corrected chi connectivity index (χ1v) is 10.3. The minimum Gasteiger partial charge on any atom is -0.473 e. The Morgan fingerprint density at radius 2 is 2.00 bits per heavy atom. The van der Waals surface area contributed by atoms with E-state index >= 15 is 0 Å². The minimum absolute atomic E-state index is 0.0705. The smallest absolute Gasteiger partial charge is 0.244 e. The molecule has 5 rings (SSSR count). The largest absolute Gasteiger partial charge is 0.473 e. The van der Waals surface area contributed by atoms with Crippen LogP contribution in [0.3, 0.4) is 0 Å². The summed E-state index contributed by atoms with van der Waals surface area (Å²) in [6.07, 6.45) is 7.27. The first-order valence-electron chi connectivity index (χ1n) is 9.50. The second-order valence-corrected chi connectivity index (χ2v) is 7.67. The number of nitrogens with one attached hydrogen (secondary N) is 1. The van der Waals surface area contributed by atoms with Gasteiger partial charge in [0.1, 0.15) is 16.6 Å².